The van der Waals surface area contributed by atoms with Crippen LogP contribution in [0.2, 0.25) is 0 Å². The van der Waals surface area contributed by atoms with Crippen LogP contribution in [0.5, 0.6) is 0 Å². The van der Waals surface area contributed by atoms with E-state index in [2.05, 4.69) is 25.9 Å². The highest BCUT2D eigenvalue weighted by Gasteiger charge is 2.12. The number of hydrogen-bond acceptors (Lipinski definition) is 3. The maximum atomic E-state index is 12.2. The molecule has 2 aromatic heterocycles. The van der Waals surface area contributed by atoms with Crippen LogP contribution in [0.15, 0.2) is 35.2 Å². The molecule has 3 nitrogen and oxygen atoms in total. The van der Waals surface area contributed by atoms with Crippen molar-refractivity contribution in [3.63, 3.8) is 0 Å². The van der Waals surface area contributed by atoms with E-state index in [9.17, 15) is 4.79 Å². The SMILES string of the molecule is Cc1cnc(C(=O)Cc2cncc(Br)c2)c(C)c1. The third kappa shape index (κ3) is 3.01. The number of hydrogen-bond donors (Lipinski definition) is 0. The predicted molar refractivity (Wildman–Crippen MR) is 73.7 cm³/mol. The van der Waals surface area contributed by atoms with Crippen molar-refractivity contribution in [1.82, 2.24) is 9.97 Å². The Bertz CT molecular complexity index is 596. The molecular weight excluding hydrogens is 292 g/mol. The number of halogens is 1. The highest BCUT2D eigenvalue weighted by atomic mass is 79.9. The molecule has 0 spiro atoms. The lowest BCUT2D eigenvalue weighted by molar-refractivity contribution is 0.0987. The van der Waals surface area contributed by atoms with E-state index in [1.165, 1.54) is 0 Å². The molecule has 0 aromatic carbocycles. The molecular formula is C14H13BrN2O. The molecule has 0 aliphatic rings. The van der Waals surface area contributed by atoms with E-state index in [0.717, 1.165) is 21.2 Å². The van der Waals surface area contributed by atoms with Crippen molar-refractivity contribution in [2.45, 2.75) is 20.3 Å². The van der Waals surface area contributed by atoms with Crippen molar-refractivity contribution in [2.24, 2.45) is 0 Å². The molecule has 4 heteroatoms. The van der Waals surface area contributed by atoms with E-state index in [-0.39, 0.29) is 5.78 Å². The first kappa shape index (κ1) is 12.9. The summed E-state index contributed by atoms with van der Waals surface area (Å²) < 4.78 is 0.876. The number of pyridine rings is 2. The van der Waals surface area contributed by atoms with E-state index in [4.69, 9.17) is 0 Å². The van der Waals surface area contributed by atoms with Crippen LogP contribution in [0, 0.1) is 13.8 Å². The minimum absolute atomic E-state index is 0.0207. The molecule has 0 saturated carbocycles. The molecule has 2 rings (SSSR count). The Balaban J connectivity index is 2.22. The molecule has 0 unspecified atom stereocenters. The zero-order chi connectivity index (χ0) is 13.1. The fourth-order valence-electron chi connectivity index (χ4n) is 1.83. The van der Waals surface area contributed by atoms with Crippen molar-refractivity contribution in [1.29, 1.82) is 0 Å². The molecule has 0 aliphatic heterocycles. The average molecular weight is 305 g/mol. The summed E-state index contributed by atoms with van der Waals surface area (Å²) in [5, 5.41) is 0. The Kier molecular flexibility index (Phi) is 3.87. The van der Waals surface area contributed by atoms with Crippen LogP contribution >= 0.6 is 15.9 Å². The summed E-state index contributed by atoms with van der Waals surface area (Å²) in [5.41, 5.74) is 3.41. The first-order valence-electron chi connectivity index (χ1n) is 5.62. The van der Waals surface area contributed by atoms with Gasteiger partial charge in [-0.2, -0.15) is 0 Å². The maximum absolute atomic E-state index is 12.2. The molecule has 92 valence electrons. The molecule has 0 fully saturated rings. The van der Waals surface area contributed by atoms with Crippen LogP contribution in [0.1, 0.15) is 27.2 Å². The second kappa shape index (κ2) is 5.40. The summed E-state index contributed by atoms with van der Waals surface area (Å²) in [6.07, 6.45) is 5.44. The van der Waals surface area contributed by atoms with Gasteiger partial charge < -0.3 is 0 Å². The van der Waals surface area contributed by atoms with Gasteiger partial charge in [0.1, 0.15) is 5.69 Å². The van der Waals surface area contributed by atoms with Gasteiger partial charge in [0.15, 0.2) is 5.78 Å². The van der Waals surface area contributed by atoms with Gasteiger partial charge in [-0.3, -0.25) is 14.8 Å². The number of carbonyl (C=O) groups is 1. The van der Waals surface area contributed by atoms with E-state index in [0.29, 0.717) is 12.1 Å². The molecule has 0 radical (unpaired) electrons. The quantitative estimate of drug-likeness (QED) is 0.817. The summed E-state index contributed by atoms with van der Waals surface area (Å²) >= 11 is 3.34. The van der Waals surface area contributed by atoms with Gasteiger partial charge in [0.05, 0.1) is 0 Å². The standard InChI is InChI=1S/C14H13BrN2O/c1-9-3-10(2)14(17-6-9)13(18)5-11-4-12(15)8-16-7-11/h3-4,6-8H,5H2,1-2H3. The zero-order valence-electron chi connectivity index (χ0n) is 10.3. The number of nitrogens with zero attached hydrogens (tertiary/aromatic N) is 2. The highest BCUT2D eigenvalue weighted by Crippen LogP contribution is 2.14. The minimum atomic E-state index is 0.0207. The van der Waals surface area contributed by atoms with Crippen LogP contribution in [0.3, 0.4) is 0 Å². The first-order valence-corrected chi connectivity index (χ1v) is 6.41. The van der Waals surface area contributed by atoms with Crippen LogP contribution in [0.25, 0.3) is 0 Å². The Morgan fingerprint density at radius 3 is 2.67 bits per heavy atom. The van der Waals surface area contributed by atoms with Crippen LogP contribution in [-0.2, 0) is 6.42 Å². The second-order valence-corrected chi connectivity index (χ2v) is 5.21. The fourth-order valence-corrected chi connectivity index (χ4v) is 2.24. The lowest BCUT2D eigenvalue weighted by Crippen LogP contribution is -2.08. The van der Waals surface area contributed by atoms with Crippen molar-refractivity contribution < 1.29 is 4.79 Å². The van der Waals surface area contributed by atoms with Crippen LogP contribution in [0.4, 0.5) is 0 Å². The number of Topliss-reactive ketones (excluding diaryl/α,β-unsaturated/α-hetero) is 1. The predicted octanol–water partition coefficient (Wildman–Crippen LogP) is 3.28. The van der Waals surface area contributed by atoms with Gasteiger partial charge in [0.25, 0.3) is 0 Å². The monoisotopic (exact) mass is 304 g/mol. The summed E-state index contributed by atoms with van der Waals surface area (Å²) in [7, 11) is 0. The van der Waals surface area contributed by atoms with Crippen LogP contribution in [-0.4, -0.2) is 15.8 Å². The number of ketones is 1. The highest BCUT2D eigenvalue weighted by molar-refractivity contribution is 9.10. The molecule has 0 saturated heterocycles. The Morgan fingerprint density at radius 2 is 2.00 bits per heavy atom. The minimum Gasteiger partial charge on any atom is -0.292 e. The molecule has 18 heavy (non-hydrogen) atoms. The molecule has 0 aliphatic carbocycles. The third-order valence-corrected chi connectivity index (χ3v) is 3.04. The summed E-state index contributed by atoms with van der Waals surface area (Å²) in [4.78, 5) is 20.4. The van der Waals surface area contributed by atoms with Crippen molar-refractivity contribution in [2.75, 3.05) is 0 Å². The second-order valence-electron chi connectivity index (χ2n) is 4.29. The van der Waals surface area contributed by atoms with E-state index < -0.39 is 0 Å². The molecule has 2 aromatic rings. The van der Waals surface area contributed by atoms with Crippen molar-refractivity contribution in [3.05, 3.63) is 57.6 Å². The fraction of sp³-hybridized carbons (Fsp3) is 0.214. The average Bonchev–Trinajstić information content (AvgIpc) is 2.28. The Hall–Kier alpha value is -1.55. The Morgan fingerprint density at radius 1 is 1.22 bits per heavy atom. The number of aromatic nitrogens is 2. The van der Waals surface area contributed by atoms with E-state index in [1.807, 2.05) is 26.0 Å². The zero-order valence-corrected chi connectivity index (χ0v) is 11.9. The van der Waals surface area contributed by atoms with Gasteiger partial charge in [0.2, 0.25) is 0 Å². The van der Waals surface area contributed by atoms with Crippen molar-refractivity contribution >= 4 is 21.7 Å². The van der Waals surface area contributed by atoms with Crippen LogP contribution < -0.4 is 0 Å². The van der Waals surface area contributed by atoms with Gasteiger partial charge in [0, 0.05) is 29.5 Å². The molecule has 0 atom stereocenters. The third-order valence-electron chi connectivity index (χ3n) is 2.61. The number of aryl methyl sites for hydroxylation is 2. The number of rotatable bonds is 3. The van der Waals surface area contributed by atoms with Crippen molar-refractivity contribution in [3.8, 4) is 0 Å². The lowest BCUT2D eigenvalue weighted by atomic mass is 10.0. The molecule has 0 bridgehead atoms. The molecule has 0 N–H and O–H groups in total. The van der Waals surface area contributed by atoms with Gasteiger partial charge in [-0.1, -0.05) is 6.07 Å². The topological polar surface area (TPSA) is 42.9 Å². The van der Waals surface area contributed by atoms with Gasteiger partial charge >= 0.3 is 0 Å². The summed E-state index contributed by atoms with van der Waals surface area (Å²) in [5.74, 6) is 0.0207. The summed E-state index contributed by atoms with van der Waals surface area (Å²) in [6, 6.07) is 3.87. The normalized spacial score (nSPS) is 10.4. The van der Waals surface area contributed by atoms with Gasteiger partial charge in [-0.25, -0.2) is 0 Å². The first-order chi connectivity index (χ1) is 8.56. The Labute approximate surface area is 114 Å². The van der Waals surface area contributed by atoms with Gasteiger partial charge in [-0.05, 0) is 52.5 Å². The lowest BCUT2D eigenvalue weighted by Gasteiger charge is -2.05. The maximum Gasteiger partial charge on any atom is 0.185 e. The molecule has 0 amide bonds. The largest absolute Gasteiger partial charge is 0.292 e. The van der Waals surface area contributed by atoms with E-state index >= 15 is 0 Å². The molecule has 2 heterocycles. The van der Waals surface area contributed by atoms with E-state index in [1.54, 1.807) is 18.6 Å². The number of carbonyl (C=O) groups excluding carboxylic acids is 1. The summed E-state index contributed by atoms with van der Waals surface area (Å²) in [6.45, 7) is 3.87. The van der Waals surface area contributed by atoms with Gasteiger partial charge in [-0.15, -0.1) is 0 Å². The smallest absolute Gasteiger partial charge is 0.185 e.